The number of benzene rings is 2. The van der Waals surface area contributed by atoms with Gasteiger partial charge in [-0.05, 0) is 84.6 Å². The van der Waals surface area contributed by atoms with Crippen LogP contribution < -0.4 is 9.47 Å². The van der Waals surface area contributed by atoms with Gasteiger partial charge in [-0.25, -0.2) is 0 Å². The summed E-state index contributed by atoms with van der Waals surface area (Å²) >= 11 is 2.41. The minimum Gasteiger partial charge on any atom is -0.497 e. The van der Waals surface area contributed by atoms with Crippen LogP contribution in [0.25, 0.3) is 5.57 Å². The lowest BCUT2D eigenvalue weighted by Crippen LogP contribution is -2.11. The summed E-state index contributed by atoms with van der Waals surface area (Å²) in [6, 6.07) is 16.7. The van der Waals surface area contributed by atoms with Gasteiger partial charge in [0.2, 0.25) is 0 Å². The van der Waals surface area contributed by atoms with Crippen LogP contribution in [0.2, 0.25) is 0 Å². The number of aliphatic hydroxyl groups excluding tert-OH is 1. The smallest absolute Gasteiger partial charge is 0.119 e. The summed E-state index contributed by atoms with van der Waals surface area (Å²) in [4.78, 5) is 1.42. The lowest BCUT2D eigenvalue weighted by Gasteiger charge is -2.28. The highest BCUT2D eigenvalue weighted by molar-refractivity contribution is 14.2. The Bertz CT molecular complexity index is 965. The molecule has 5 heteroatoms. The predicted molar refractivity (Wildman–Crippen MR) is 133 cm³/mol. The second kappa shape index (κ2) is 9.79. The van der Waals surface area contributed by atoms with Crippen molar-refractivity contribution in [2.24, 2.45) is 5.92 Å². The van der Waals surface area contributed by atoms with E-state index in [2.05, 4.69) is 51.5 Å². The van der Waals surface area contributed by atoms with Crippen LogP contribution in [0.15, 0.2) is 64.6 Å². The van der Waals surface area contributed by atoms with Gasteiger partial charge in [0.15, 0.2) is 0 Å². The molecule has 1 fully saturated rings. The average Bonchev–Trinajstić information content (AvgIpc) is 3.17. The van der Waals surface area contributed by atoms with E-state index in [1.807, 2.05) is 27.1 Å². The molecule has 30 heavy (non-hydrogen) atoms. The molecule has 2 aliphatic carbocycles. The number of halogens is 1. The lowest BCUT2D eigenvalue weighted by molar-refractivity contribution is 0.179. The van der Waals surface area contributed by atoms with E-state index >= 15 is 0 Å². The summed E-state index contributed by atoms with van der Waals surface area (Å²) in [6.07, 6.45) is 4.42. The SMILES string of the molecule is COc1ccc(C2=C(SI)CC3CC(O)CC3=C2CCc2cccc(OC)c2)cc1. The first-order valence-electron chi connectivity index (χ1n) is 10.3. The Hall–Kier alpha value is -1.44. The van der Waals surface area contributed by atoms with E-state index in [1.54, 1.807) is 14.2 Å². The van der Waals surface area contributed by atoms with Crippen molar-refractivity contribution in [3.8, 4) is 11.5 Å². The summed E-state index contributed by atoms with van der Waals surface area (Å²) in [5, 5.41) is 10.4. The van der Waals surface area contributed by atoms with E-state index < -0.39 is 0 Å². The number of fused-ring (bicyclic) bond motifs is 1. The predicted octanol–water partition coefficient (Wildman–Crippen LogP) is 6.60. The topological polar surface area (TPSA) is 38.7 Å². The van der Waals surface area contributed by atoms with Gasteiger partial charge in [0, 0.05) is 26.1 Å². The summed E-state index contributed by atoms with van der Waals surface area (Å²) in [7, 11) is 5.24. The first-order valence-corrected chi connectivity index (χ1v) is 13.7. The average molecular weight is 534 g/mol. The van der Waals surface area contributed by atoms with Gasteiger partial charge in [-0.2, -0.15) is 0 Å². The van der Waals surface area contributed by atoms with Crippen LogP contribution in [0.1, 0.15) is 36.8 Å². The third kappa shape index (κ3) is 4.58. The monoisotopic (exact) mass is 534 g/mol. The van der Waals surface area contributed by atoms with E-state index in [0.29, 0.717) is 5.92 Å². The molecule has 4 rings (SSSR count). The zero-order chi connectivity index (χ0) is 21.1. The molecule has 3 nitrogen and oxygen atoms in total. The van der Waals surface area contributed by atoms with E-state index in [1.165, 1.54) is 32.8 Å². The number of hydrogen-bond acceptors (Lipinski definition) is 4. The van der Waals surface area contributed by atoms with Gasteiger partial charge < -0.3 is 14.6 Å². The highest BCUT2D eigenvalue weighted by Gasteiger charge is 2.36. The number of ether oxygens (including phenoxy) is 2. The minimum atomic E-state index is -0.215. The standard InChI is InChI=1S/C25H27IO3S/c1-28-20-9-7-17(8-10-20)25-22(11-6-16-4-3-5-21(12-16)29-2)23-15-19(27)13-18(23)14-24(25)30-26/h3-5,7-10,12,18-19,27H,6,11,13-15H2,1-2H3. The summed E-state index contributed by atoms with van der Waals surface area (Å²) < 4.78 is 10.8. The number of rotatable bonds is 7. The zero-order valence-corrected chi connectivity index (χ0v) is 20.3. The van der Waals surface area contributed by atoms with Crippen molar-refractivity contribution in [2.75, 3.05) is 14.2 Å². The van der Waals surface area contributed by atoms with Crippen molar-refractivity contribution in [1.82, 2.24) is 0 Å². The molecule has 0 aliphatic heterocycles. The molecule has 2 aromatic rings. The van der Waals surface area contributed by atoms with Crippen molar-refractivity contribution in [2.45, 2.75) is 38.2 Å². The van der Waals surface area contributed by atoms with Gasteiger partial charge in [-0.3, -0.25) is 0 Å². The fraction of sp³-hybridized carbons (Fsp3) is 0.360. The Balaban J connectivity index is 1.72. The molecular formula is C25H27IO3S. The third-order valence-corrected chi connectivity index (χ3v) is 8.33. The van der Waals surface area contributed by atoms with Crippen molar-refractivity contribution < 1.29 is 14.6 Å². The second-order valence-electron chi connectivity index (χ2n) is 7.95. The van der Waals surface area contributed by atoms with E-state index in [0.717, 1.165) is 43.6 Å². The van der Waals surface area contributed by atoms with Crippen LogP contribution in [0.5, 0.6) is 11.5 Å². The van der Waals surface area contributed by atoms with E-state index in [4.69, 9.17) is 9.47 Å². The van der Waals surface area contributed by atoms with Gasteiger partial charge in [0.1, 0.15) is 11.5 Å². The van der Waals surface area contributed by atoms with Crippen LogP contribution in [-0.2, 0) is 6.42 Å². The maximum Gasteiger partial charge on any atom is 0.119 e. The Morgan fingerprint density at radius 2 is 1.77 bits per heavy atom. The molecule has 2 atom stereocenters. The van der Waals surface area contributed by atoms with Crippen molar-refractivity contribution >= 4 is 35.7 Å². The van der Waals surface area contributed by atoms with Gasteiger partial charge in [0.05, 0.1) is 20.3 Å². The molecule has 0 radical (unpaired) electrons. The number of methoxy groups -OCH3 is 2. The molecule has 2 aromatic carbocycles. The fourth-order valence-electron chi connectivity index (χ4n) is 4.75. The molecule has 0 saturated heterocycles. The quantitative estimate of drug-likeness (QED) is 0.407. The van der Waals surface area contributed by atoms with E-state index in [9.17, 15) is 5.11 Å². The summed E-state index contributed by atoms with van der Waals surface area (Å²) in [5.74, 6) is 2.25. The zero-order valence-electron chi connectivity index (χ0n) is 17.4. The minimum absolute atomic E-state index is 0.215. The first kappa shape index (κ1) is 21.8. The van der Waals surface area contributed by atoms with Gasteiger partial charge in [0.25, 0.3) is 0 Å². The number of allylic oxidation sites excluding steroid dienone is 3. The Morgan fingerprint density at radius 3 is 2.47 bits per heavy atom. The molecule has 0 bridgehead atoms. The van der Waals surface area contributed by atoms with Crippen molar-refractivity contribution in [3.05, 3.63) is 75.7 Å². The molecule has 2 unspecified atom stereocenters. The molecule has 2 aliphatic rings. The molecule has 158 valence electrons. The van der Waals surface area contributed by atoms with Crippen LogP contribution in [0.3, 0.4) is 0 Å². The molecule has 0 spiro atoms. The molecular weight excluding hydrogens is 507 g/mol. The molecule has 0 aromatic heterocycles. The van der Waals surface area contributed by atoms with Crippen molar-refractivity contribution in [1.29, 1.82) is 0 Å². The maximum atomic E-state index is 10.4. The second-order valence-corrected chi connectivity index (χ2v) is 9.92. The van der Waals surface area contributed by atoms with Crippen LogP contribution >= 0.6 is 30.1 Å². The lowest BCUT2D eigenvalue weighted by atomic mass is 9.79. The largest absolute Gasteiger partial charge is 0.497 e. The molecule has 1 saturated carbocycles. The fourth-order valence-corrected chi connectivity index (χ4v) is 6.53. The van der Waals surface area contributed by atoms with Crippen molar-refractivity contribution in [3.63, 3.8) is 0 Å². The highest BCUT2D eigenvalue weighted by atomic mass is 127. The third-order valence-electron chi connectivity index (χ3n) is 6.17. The Labute approximate surface area is 195 Å². The van der Waals surface area contributed by atoms with Crippen LogP contribution in [0, 0.1) is 5.92 Å². The van der Waals surface area contributed by atoms with E-state index in [-0.39, 0.29) is 6.10 Å². The Kier molecular flexibility index (Phi) is 7.11. The van der Waals surface area contributed by atoms with Crippen LogP contribution in [-0.4, -0.2) is 25.4 Å². The summed E-state index contributed by atoms with van der Waals surface area (Å²) in [6.45, 7) is 0. The molecule has 0 amide bonds. The van der Waals surface area contributed by atoms with Gasteiger partial charge in [-0.15, -0.1) is 0 Å². The van der Waals surface area contributed by atoms with Gasteiger partial charge >= 0.3 is 0 Å². The Morgan fingerprint density at radius 1 is 1.00 bits per heavy atom. The van der Waals surface area contributed by atoms with Gasteiger partial charge in [-0.1, -0.05) is 38.8 Å². The number of hydrogen-bond donors (Lipinski definition) is 1. The maximum absolute atomic E-state index is 10.4. The first-order chi connectivity index (χ1) is 14.6. The molecule has 1 N–H and O–H groups in total. The summed E-state index contributed by atoms with van der Waals surface area (Å²) in [5.41, 5.74) is 6.77. The molecule has 0 heterocycles. The highest BCUT2D eigenvalue weighted by Crippen LogP contribution is 2.52. The number of aryl methyl sites for hydroxylation is 1. The normalized spacial score (nSPS) is 21.1. The number of aliphatic hydroxyl groups is 1. The van der Waals surface area contributed by atoms with Crippen LogP contribution in [0.4, 0.5) is 0 Å².